The van der Waals surface area contributed by atoms with Crippen LogP contribution in [0.25, 0.3) is 10.9 Å². The highest BCUT2D eigenvalue weighted by Gasteiger charge is 2.49. The first-order valence-electron chi connectivity index (χ1n) is 7.72. The summed E-state index contributed by atoms with van der Waals surface area (Å²) >= 11 is 0. The van der Waals surface area contributed by atoms with E-state index in [2.05, 4.69) is 70.9 Å². The van der Waals surface area contributed by atoms with Gasteiger partial charge in [-0.05, 0) is 53.2 Å². The molecule has 3 heteroatoms. The summed E-state index contributed by atoms with van der Waals surface area (Å²) in [6.45, 7) is 13.3. The number of nitrogens with zero attached hydrogens (tertiary/aromatic N) is 1. The highest BCUT2D eigenvalue weighted by atomic mass is 16.6. The molecule has 0 atom stereocenters. The molecule has 21 heavy (non-hydrogen) atoms. The van der Waals surface area contributed by atoms with E-state index in [1.807, 2.05) is 6.07 Å². The van der Waals surface area contributed by atoms with E-state index in [9.17, 15) is 5.21 Å². The third-order valence-corrected chi connectivity index (χ3v) is 4.60. The Bertz CT molecular complexity index is 600. The van der Waals surface area contributed by atoms with Gasteiger partial charge in [-0.25, -0.2) is 5.21 Å². The van der Waals surface area contributed by atoms with Crippen LogP contribution in [-0.2, 0) is 6.42 Å². The van der Waals surface area contributed by atoms with Crippen molar-refractivity contribution >= 4 is 10.9 Å². The molecule has 0 amide bonds. The van der Waals surface area contributed by atoms with Crippen LogP contribution in [-0.4, -0.2) is 32.5 Å². The van der Waals surface area contributed by atoms with Gasteiger partial charge >= 0.3 is 0 Å². The molecule has 1 heterocycles. The second kappa shape index (κ2) is 5.15. The minimum atomic E-state index is -0.218. The van der Waals surface area contributed by atoms with Gasteiger partial charge in [0.25, 0.3) is 0 Å². The van der Waals surface area contributed by atoms with Crippen molar-refractivity contribution < 1.29 is 9.85 Å². The Morgan fingerprint density at radius 3 is 2.14 bits per heavy atom. The average molecular weight is 289 g/mol. The molecule has 1 aromatic heterocycles. The molecular formula is C18H29N2O+. The fraction of sp³-hybridized carbons (Fsp3) is 0.556. The molecule has 0 spiro atoms. The van der Waals surface area contributed by atoms with E-state index in [-0.39, 0.29) is 15.7 Å². The zero-order valence-electron chi connectivity index (χ0n) is 14.2. The maximum absolute atomic E-state index is 11.3. The third kappa shape index (κ3) is 2.85. The first-order valence-corrected chi connectivity index (χ1v) is 7.72. The van der Waals surface area contributed by atoms with Crippen molar-refractivity contribution in [1.82, 2.24) is 4.98 Å². The molecule has 0 saturated carbocycles. The summed E-state index contributed by atoms with van der Waals surface area (Å²) in [6, 6.07) is 8.34. The number of H-pyrrole nitrogens is 1. The summed E-state index contributed by atoms with van der Waals surface area (Å²) in [5, 5.41) is 12.5. The topological polar surface area (TPSA) is 36.0 Å². The van der Waals surface area contributed by atoms with Crippen LogP contribution in [0.2, 0.25) is 0 Å². The van der Waals surface area contributed by atoms with Gasteiger partial charge in [0, 0.05) is 23.5 Å². The first kappa shape index (κ1) is 16.1. The van der Waals surface area contributed by atoms with Gasteiger partial charge in [-0.1, -0.05) is 18.2 Å². The number of quaternary nitrogens is 1. The largest absolute Gasteiger partial charge is 0.361 e. The Morgan fingerprint density at radius 1 is 1.00 bits per heavy atom. The summed E-state index contributed by atoms with van der Waals surface area (Å²) in [7, 11) is 0. The van der Waals surface area contributed by atoms with Crippen molar-refractivity contribution in [3.63, 3.8) is 0 Å². The van der Waals surface area contributed by atoms with Crippen LogP contribution in [0.3, 0.4) is 0 Å². The third-order valence-electron chi connectivity index (χ3n) is 4.60. The van der Waals surface area contributed by atoms with E-state index in [1.54, 1.807) is 0 Å². The number of hydrogen-bond acceptors (Lipinski definition) is 1. The Kier molecular flexibility index (Phi) is 3.94. The van der Waals surface area contributed by atoms with Gasteiger partial charge in [0.1, 0.15) is 17.6 Å². The van der Waals surface area contributed by atoms with Crippen molar-refractivity contribution in [3.05, 3.63) is 36.0 Å². The fourth-order valence-corrected chi connectivity index (χ4v) is 3.30. The van der Waals surface area contributed by atoms with Gasteiger partial charge in [-0.2, -0.15) is 4.65 Å². The van der Waals surface area contributed by atoms with E-state index >= 15 is 0 Å². The van der Waals surface area contributed by atoms with Gasteiger partial charge in [0.2, 0.25) is 0 Å². The van der Waals surface area contributed by atoms with Crippen LogP contribution >= 0.6 is 0 Å². The van der Waals surface area contributed by atoms with Gasteiger partial charge in [-0.15, -0.1) is 0 Å². The number of fused-ring (bicyclic) bond motifs is 1. The Balaban J connectivity index is 2.28. The quantitative estimate of drug-likeness (QED) is 0.633. The molecule has 0 aliphatic heterocycles. The maximum atomic E-state index is 11.3. The van der Waals surface area contributed by atoms with Crippen molar-refractivity contribution in [2.24, 2.45) is 0 Å². The highest BCUT2D eigenvalue weighted by molar-refractivity contribution is 5.82. The predicted octanol–water partition coefficient (Wildman–Crippen LogP) is 4.51. The van der Waals surface area contributed by atoms with E-state index in [0.717, 1.165) is 11.9 Å². The number of rotatable bonds is 3. The second-order valence-corrected chi connectivity index (χ2v) is 7.94. The second-order valence-electron chi connectivity index (χ2n) is 7.94. The summed E-state index contributed by atoms with van der Waals surface area (Å²) in [5.74, 6) is 0. The molecule has 2 N–H and O–H groups in total. The van der Waals surface area contributed by atoms with Crippen LogP contribution in [0, 0.1) is 0 Å². The van der Waals surface area contributed by atoms with Gasteiger partial charge in [0.05, 0.1) is 0 Å². The number of para-hydroxylation sites is 1. The molecule has 116 valence electrons. The molecule has 1 aromatic carbocycles. The summed E-state index contributed by atoms with van der Waals surface area (Å²) in [6.07, 6.45) is 2.93. The minimum Gasteiger partial charge on any atom is -0.361 e. The van der Waals surface area contributed by atoms with Crippen molar-refractivity contribution in [1.29, 1.82) is 0 Å². The summed E-state index contributed by atoms with van der Waals surface area (Å²) in [4.78, 5) is 3.31. The van der Waals surface area contributed by atoms with E-state index in [0.29, 0.717) is 6.54 Å². The van der Waals surface area contributed by atoms with Crippen LogP contribution in [0.1, 0.15) is 47.1 Å². The molecular weight excluding hydrogens is 260 g/mol. The van der Waals surface area contributed by atoms with Gasteiger partial charge in [0.15, 0.2) is 0 Å². The molecule has 0 fully saturated rings. The van der Waals surface area contributed by atoms with E-state index in [4.69, 9.17) is 0 Å². The van der Waals surface area contributed by atoms with Gasteiger partial charge < -0.3 is 4.98 Å². The SMILES string of the molecule is CC(C)(C)[N+](O)(CCc1c[nH]c2ccccc12)C(C)(C)C. The lowest BCUT2D eigenvalue weighted by molar-refractivity contribution is -1.17. The highest BCUT2D eigenvalue weighted by Crippen LogP contribution is 2.33. The standard InChI is InChI=1S/C18H29N2O/c1-17(2,3)20(21,18(4,5)6)12-11-14-13-19-16-10-8-7-9-15(14)16/h7-10,13,19,21H,11-12H2,1-6H3/q+1. The number of aromatic nitrogens is 1. The lowest BCUT2D eigenvalue weighted by Crippen LogP contribution is -2.67. The fourth-order valence-electron chi connectivity index (χ4n) is 3.30. The Morgan fingerprint density at radius 2 is 1.57 bits per heavy atom. The monoisotopic (exact) mass is 289 g/mol. The number of hydroxylamine groups is 3. The molecule has 2 rings (SSSR count). The van der Waals surface area contributed by atoms with Crippen molar-refractivity contribution in [2.75, 3.05) is 6.54 Å². The zero-order chi connectivity index (χ0) is 15.9. The molecule has 0 bridgehead atoms. The van der Waals surface area contributed by atoms with Crippen molar-refractivity contribution in [2.45, 2.75) is 59.0 Å². The number of aromatic amines is 1. The van der Waals surface area contributed by atoms with E-state index in [1.165, 1.54) is 10.9 Å². The van der Waals surface area contributed by atoms with Crippen molar-refractivity contribution in [3.8, 4) is 0 Å². The average Bonchev–Trinajstić information content (AvgIpc) is 2.76. The van der Waals surface area contributed by atoms with E-state index < -0.39 is 0 Å². The van der Waals surface area contributed by atoms with Crippen LogP contribution in [0.15, 0.2) is 30.5 Å². The smallest absolute Gasteiger partial charge is 0.121 e. The zero-order valence-corrected chi connectivity index (χ0v) is 14.2. The minimum absolute atomic E-state index is 0.0551. The summed E-state index contributed by atoms with van der Waals surface area (Å²) in [5.41, 5.74) is 2.00. The van der Waals surface area contributed by atoms with Crippen LogP contribution in [0.5, 0.6) is 0 Å². The number of hydrogen-bond donors (Lipinski definition) is 2. The Labute approximate surface area is 128 Å². The Hall–Kier alpha value is -1.32. The molecule has 0 aliphatic carbocycles. The molecule has 0 unspecified atom stereocenters. The van der Waals surface area contributed by atoms with Crippen LogP contribution < -0.4 is 0 Å². The lowest BCUT2D eigenvalue weighted by atomic mass is 9.93. The molecule has 0 radical (unpaired) electrons. The predicted molar refractivity (Wildman–Crippen MR) is 88.4 cm³/mol. The molecule has 3 nitrogen and oxygen atoms in total. The first-order chi connectivity index (χ1) is 9.56. The summed E-state index contributed by atoms with van der Waals surface area (Å²) < 4.78 is 0.0551. The van der Waals surface area contributed by atoms with Crippen LogP contribution in [0.4, 0.5) is 0 Å². The normalized spacial score (nSPS) is 13.9. The molecule has 0 aliphatic rings. The molecule has 0 saturated heterocycles. The number of nitrogens with one attached hydrogen (secondary N) is 1. The lowest BCUT2D eigenvalue weighted by Gasteiger charge is -2.50. The van der Waals surface area contributed by atoms with Gasteiger partial charge in [-0.3, -0.25) is 0 Å². The molecule has 2 aromatic rings. The maximum Gasteiger partial charge on any atom is 0.121 e. The number of benzene rings is 1.